The van der Waals surface area contributed by atoms with Crippen molar-refractivity contribution in [2.45, 2.75) is 33.2 Å². The van der Waals surface area contributed by atoms with Gasteiger partial charge in [0.1, 0.15) is 6.04 Å². The van der Waals surface area contributed by atoms with E-state index in [2.05, 4.69) is 5.32 Å². The van der Waals surface area contributed by atoms with Crippen LogP contribution in [-0.4, -0.2) is 17.9 Å². The van der Waals surface area contributed by atoms with Gasteiger partial charge in [0.25, 0.3) is 5.91 Å². The lowest BCUT2D eigenvalue weighted by Gasteiger charge is -2.19. The fraction of sp³-hybridized carbons (Fsp3) is 0.263. The van der Waals surface area contributed by atoms with Crippen LogP contribution >= 0.6 is 11.6 Å². The van der Waals surface area contributed by atoms with Crippen LogP contribution < -0.4 is 10.2 Å². The molecule has 4 nitrogen and oxygen atoms in total. The summed E-state index contributed by atoms with van der Waals surface area (Å²) in [5.74, 6) is -0.460. The Morgan fingerprint density at radius 2 is 1.88 bits per heavy atom. The molecule has 1 N–H and O–H groups in total. The topological polar surface area (TPSA) is 49.4 Å². The summed E-state index contributed by atoms with van der Waals surface area (Å²) < 4.78 is 0. The zero-order chi connectivity index (χ0) is 17.4. The van der Waals surface area contributed by atoms with Gasteiger partial charge < -0.3 is 5.32 Å². The van der Waals surface area contributed by atoms with Gasteiger partial charge >= 0.3 is 0 Å². The Morgan fingerprint density at radius 1 is 1.12 bits per heavy atom. The first kappa shape index (κ1) is 16.5. The van der Waals surface area contributed by atoms with Gasteiger partial charge in [-0.25, -0.2) is 4.90 Å². The van der Waals surface area contributed by atoms with Crippen LogP contribution in [0.3, 0.4) is 0 Å². The Bertz CT molecular complexity index is 832. The van der Waals surface area contributed by atoms with Crippen LogP contribution in [0.2, 0.25) is 5.02 Å². The molecule has 0 aliphatic carbocycles. The van der Waals surface area contributed by atoms with Crippen molar-refractivity contribution >= 4 is 34.8 Å². The molecule has 1 saturated heterocycles. The lowest BCUT2D eigenvalue weighted by molar-refractivity contribution is -0.121. The van der Waals surface area contributed by atoms with Gasteiger partial charge in [0.15, 0.2) is 0 Å². The average Bonchev–Trinajstić information content (AvgIpc) is 2.80. The Kier molecular flexibility index (Phi) is 4.33. The lowest BCUT2D eigenvalue weighted by atomic mass is 10.1. The fourth-order valence-electron chi connectivity index (χ4n) is 3.00. The molecule has 0 saturated carbocycles. The molecule has 0 radical (unpaired) electrons. The number of nitrogens with zero attached hydrogens (tertiary/aromatic N) is 1. The van der Waals surface area contributed by atoms with E-state index in [0.717, 1.165) is 22.4 Å². The second-order valence-electron chi connectivity index (χ2n) is 6.17. The molecule has 1 aliphatic heterocycles. The number of benzene rings is 2. The van der Waals surface area contributed by atoms with Gasteiger partial charge in [0.2, 0.25) is 5.91 Å². The van der Waals surface area contributed by atoms with Gasteiger partial charge in [-0.15, -0.1) is 0 Å². The van der Waals surface area contributed by atoms with Crippen LogP contribution in [0.25, 0.3) is 0 Å². The number of amides is 2. The van der Waals surface area contributed by atoms with Crippen LogP contribution in [0.15, 0.2) is 36.4 Å². The van der Waals surface area contributed by atoms with Crippen molar-refractivity contribution in [2.24, 2.45) is 0 Å². The van der Waals surface area contributed by atoms with E-state index in [1.54, 1.807) is 18.2 Å². The molecule has 2 aromatic rings. The highest BCUT2D eigenvalue weighted by atomic mass is 35.5. The van der Waals surface area contributed by atoms with Crippen molar-refractivity contribution in [1.82, 2.24) is 0 Å². The SMILES string of the molecule is Cc1ccc(N[C@H]2CC(=O)N(c3cccc(Cl)c3C)C2=O)c(C)c1. The van der Waals surface area contributed by atoms with E-state index in [1.165, 1.54) is 4.90 Å². The number of hydrogen-bond donors (Lipinski definition) is 1. The third-order valence-electron chi connectivity index (χ3n) is 4.34. The van der Waals surface area contributed by atoms with E-state index in [4.69, 9.17) is 11.6 Å². The summed E-state index contributed by atoms with van der Waals surface area (Å²) in [4.78, 5) is 26.4. The van der Waals surface area contributed by atoms with E-state index in [0.29, 0.717) is 10.7 Å². The molecule has 24 heavy (non-hydrogen) atoms. The van der Waals surface area contributed by atoms with E-state index in [1.807, 2.05) is 39.0 Å². The number of halogens is 1. The molecule has 0 spiro atoms. The van der Waals surface area contributed by atoms with Gasteiger partial charge in [0, 0.05) is 10.7 Å². The van der Waals surface area contributed by atoms with Gasteiger partial charge in [-0.3, -0.25) is 9.59 Å². The maximum absolute atomic E-state index is 12.8. The molecule has 1 atom stereocenters. The van der Waals surface area contributed by atoms with E-state index in [-0.39, 0.29) is 18.2 Å². The minimum absolute atomic E-state index is 0.137. The van der Waals surface area contributed by atoms with Gasteiger partial charge in [-0.2, -0.15) is 0 Å². The van der Waals surface area contributed by atoms with Gasteiger partial charge in [-0.05, 0) is 50.1 Å². The molecule has 1 heterocycles. The van der Waals surface area contributed by atoms with Crippen molar-refractivity contribution in [3.05, 3.63) is 58.1 Å². The zero-order valence-electron chi connectivity index (χ0n) is 13.9. The number of rotatable bonds is 3. The van der Waals surface area contributed by atoms with Gasteiger partial charge in [-0.1, -0.05) is 35.4 Å². The van der Waals surface area contributed by atoms with Crippen molar-refractivity contribution in [1.29, 1.82) is 0 Å². The number of imide groups is 1. The molecule has 3 rings (SSSR count). The zero-order valence-corrected chi connectivity index (χ0v) is 14.6. The van der Waals surface area contributed by atoms with Crippen molar-refractivity contribution < 1.29 is 9.59 Å². The third-order valence-corrected chi connectivity index (χ3v) is 4.75. The molecule has 2 amide bonds. The molecular formula is C19H19ClN2O2. The van der Waals surface area contributed by atoms with Gasteiger partial charge in [0.05, 0.1) is 12.1 Å². The number of anilines is 2. The number of carbonyl (C=O) groups is 2. The van der Waals surface area contributed by atoms with Crippen LogP contribution in [0.1, 0.15) is 23.1 Å². The van der Waals surface area contributed by atoms with E-state index >= 15 is 0 Å². The first-order valence-corrected chi connectivity index (χ1v) is 8.22. The summed E-state index contributed by atoms with van der Waals surface area (Å²) in [6, 6.07) is 10.6. The maximum Gasteiger partial charge on any atom is 0.256 e. The Morgan fingerprint density at radius 3 is 2.58 bits per heavy atom. The Labute approximate surface area is 146 Å². The summed E-state index contributed by atoms with van der Waals surface area (Å²) in [6.07, 6.45) is 0.137. The van der Waals surface area contributed by atoms with Crippen molar-refractivity contribution in [2.75, 3.05) is 10.2 Å². The molecule has 124 valence electrons. The number of aryl methyl sites for hydroxylation is 2. The number of nitrogens with one attached hydrogen (secondary N) is 1. The minimum Gasteiger partial charge on any atom is -0.373 e. The molecule has 0 unspecified atom stereocenters. The maximum atomic E-state index is 12.8. The van der Waals surface area contributed by atoms with Crippen LogP contribution in [0.5, 0.6) is 0 Å². The average molecular weight is 343 g/mol. The monoisotopic (exact) mass is 342 g/mol. The van der Waals surface area contributed by atoms with E-state index in [9.17, 15) is 9.59 Å². The minimum atomic E-state index is -0.558. The summed E-state index contributed by atoms with van der Waals surface area (Å²) in [5, 5.41) is 3.75. The second-order valence-corrected chi connectivity index (χ2v) is 6.58. The molecule has 2 aromatic carbocycles. The standard InChI is InChI=1S/C19H19ClN2O2/c1-11-7-8-15(12(2)9-11)21-16-10-18(23)22(19(16)24)17-6-4-5-14(20)13(17)3/h4-9,16,21H,10H2,1-3H3/t16-/m0/s1. The largest absolute Gasteiger partial charge is 0.373 e. The highest BCUT2D eigenvalue weighted by Crippen LogP contribution is 2.31. The predicted octanol–water partition coefficient (Wildman–Crippen LogP) is 4.01. The highest BCUT2D eigenvalue weighted by molar-refractivity contribution is 6.32. The first-order chi connectivity index (χ1) is 11.4. The summed E-state index contributed by atoms with van der Waals surface area (Å²) in [5.41, 5.74) is 4.36. The smallest absolute Gasteiger partial charge is 0.256 e. The molecule has 1 aliphatic rings. The van der Waals surface area contributed by atoms with Crippen molar-refractivity contribution in [3.63, 3.8) is 0 Å². The molecular weight excluding hydrogens is 324 g/mol. The van der Waals surface area contributed by atoms with Crippen molar-refractivity contribution in [3.8, 4) is 0 Å². The highest BCUT2D eigenvalue weighted by Gasteiger charge is 2.40. The Balaban J connectivity index is 1.88. The third kappa shape index (κ3) is 2.89. The number of hydrogen-bond acceptors (Lipinski definition) is 3. The summed E-state index contributed by atoms with van der Waals surface area (Å²) in [6.45, 7) is 5.81. The lowest BCUT2D eigenvalue weighted by Crippen LogP contribution is -2.35. The summed E-state index contributed by atoms with van der Waals surface area (Å²) >= 11 is 6.12. The summed E-state index contributed by atoms with van der Waals surface area (Å²) in [7, 11) is 0. The van der Waals surface area contributed by atoms with Crippen LogP contribution in [-0.2, 0) is 9.59 Å². The predicted molar refractivity (Wildman–Crippen MR) is 96.6 cm³/mol. The quantitative estimate of drug-likeness (QED) is 0.857. The second kappa shape index (κ2) is 6.29. The van der Waals surface area contributed by atoms with Crippen LogP contribution in [0.4, 0.5) is 11.4 Å². The fourth-order valence-corrected chi connectivity index (χ4v) is 3.17. The molecule has 1 fully saturated rings. The molecule has 0 aromatic heterocycles. The van der Waals surface area contributed by atoms with Crippen LogP contribution in [0, 0.1) is 20.8 Å². The normalized spacial score (nSPS) is 17.5. The first-order valence-electron chi connectivity index (χ1n) is 7.84. The number of carbonyl (C=O) groups excluding carboxylic acids is 2. The Hall–Kier alpha value is -2.33. The molecule has 5 heteroatoms. The van der Waals surface area contributed by atoms with E-state index < -0.39 is 6.04 Å². The molecule has 0 bridgehead atoms.